The SMILES string of the molecule is CC(C)=CCC[C@](C)(O[C@@H]1O[C@H](CO[C@@H]2OC[C@@H](O)[C@H](O)[C@H]2O)[C@@H](O)[C@H](O)[C@H]1O)[C@H]1CC[C@]2(C)[C@@H]1[C@H](O)C[C@@H]1[C@@]3(C)C[C@@H](O)[C@H](O[C@@H]4O[C@H](CO)[C@@H](O[C@@H]5O[C@H](CO)[C@@H](O)[C@H](O)[C@H]5O)[C@H](O)[C@H]4O)C(C)(C)[C@@H]3CC[C@]12C. The van der Waals surface area contributed by atoms with Gasteiger partial charge in [-0.3, -0.25) is 0 Å². The number of hydrogen-bond acceptors (Lipinski definition) is 23. The van der Waals surface area contributed by atoms with Gasteiger partial charge in [0.2, 0.25) is 0 Å². The molecule has 15 N–H and O–H groups in total. The van der Waals surface area contributed by atoms with Gasteiger partial charge in [0.05, 0.1) is 50.3 Å². The first-order chi connectivity index (χ1) is 35.5. The molecule has 4 aliphatic carbocycles. The summed E-state index contributed by atoms with van der Waals surface area (Å²) in [4.78, 5) is 0. The second kappa shape index (κ2) is 22.9. The summed E-state index contributed by atoms with van der Waals surface area (Å²) in [5.41, 5.74) is -2.20. The van der Waals surface area contributed by atoms with Gasteiger partial charge in [-0.15, -0.1) is 0 Å². The third kappa shape index (κ3) is 10.5. The fourth-order valence-corrected chi connectivity index (χ4v) is 16.2. The maximum absolute atomic E-state index is 12.8. The number of rotatable bonds is 15. The third-order valence-electron chi connectivity index (χ3n) is 20.4. The van der Waals surface area contributed by atoms with Crippen molar-refractivity contribution < 1.29 is 114 Å². The minimum absolute atomic E-state index is 0.0940. The lowest BCUT2D eigenvalue weighted by Crippen LogP contribution is -2.70. The minimum Gasteiger partial charge on any atom is -0.394 e. The van der Waals surface area contributed by atoms with E-state index in [-0.39, 0.29) is 42.1 Å². The molecule has 0 amide bonds. The molecular formula is C53H90O23. The molecule has 4 aliphatic heterocycles. The van der Waals surface area contributed by atoms with Crippen molar-refractivity contribution in [3.05, 3.63) is 11.6 Å². The lowest BCUT2D eigenvalue weighted by atomic mass is 9.35. The number of hydrogen-bond donors (Lipinski definition) is 15. The van der Waals surface area contributed by atoms with Crippen LogP contribution >= 0.6 is 0 Å². The van der Waals surface area contributed by atoms with Gasteiger partial charge in [-0.25, -0.2) is 0 Å². The second-order valence-electron chi connectivity index (χ2n) is 25.5. The fraction of sp³-hybridized carbons (Fsp3) is 0.962. The van der Waals surface area contributed by atoms with Crippen molar-refractivity contribution in [1.29, 1.82) is 0 Å². The van der Waals surface area contributed by atoms with Gasteiger partial charge in [-0.2, -0.15) is 0 Å². The molecule has 440 valence electrons. The molecule has 30 atom stereocenters. The van der Waals surface area contributed by atoms with Gasteiger partial charge in [0.25, 0.3) is 0 Å². The zero-order valence-corrected chi connectivity index (χ0v) is 45.0. The molecule has 8 aliphatic rings. The minimum atomic E-state index is -1.83. The van der Waals surface area contributed by atoms with Gasteiger partial charge in [0, 0.05) is 0 Å². The summed E-state index contributed by atoms with van der Waals surface area (Å²) in [7, 11) is 0. The first-order valence-corrected chi connectivity index (χ1v) is 27.4. The quantitative estimate of drug-likeness (QED) is 0.0591. The van der Waals surface area contributed by atoms with Crippen LogP contribution in [0.15, 0.2) is 11.6 Å². The fourth-order valence-electron chi connectivity index (χ4n) is 16.2. The van der Waals surface area contributed by atoms with Crippen molar-refractivity contribution in [2.24, 2.45) is 45.3 Å². The topological polar surface area (TPSA) is 377 Å². The van der Waals surface area contributed by atoms with Crippen LogP contribution < -0.4 is 0 Å². The van der Waals surface area contributed by atoms with Crippen molar-refractivity contribution in [2.75, 3.05) is 26.4 Å². The predicted octanol–water partition coefficient (Wildman–Crippen LogP) is -2.59. The Morgan fingerprint density at radius 1 is 0.592 bits per heavy atom. The van der Waals surface area contributed by atoms with Crippen LogP contribution in [0, 0.1) is 45.3 Å². The Morgan fingerprint density at radius 3 is 1.80 bits per heavy atom. The molecule has 4 saturated carbocycles. The average molecular weight is 1100 g/mol. The average Bonchev–Trinajstić information content (AvgIpc) is 3.77. The summed E-state index contributed by atoms with van der Waals surface area (Å²) >= 11 is 0. The lowest BCUT2D eigenvalue weighted by molar-refractivity contribution is -0.373. The van der Waals surface area contributed by atoms with E-state index in [2.05, 4.69) is 26.8 Å². The molecule has 8 rings (SSSR count). The number of aliphatic hydroxyl groups is 15. The smallest absolute Gasteiger partial charge is 0.187 e. The Hall–Kier alpha value is -1.18. The maximum atomic E-state index is 12.8. The molecule has 0 aromatic carbocycles. The Labute approximate surface area is 444 Å². The molecule has 0 spiro atoms. The number of aliphatic hydroxyl groups excluding tert-OH is 15. The predicted molar refractivity (Wildman–Crippen MR) is 262 cm³/mol. The Kier molecular flexibility index (Phi) is 18.3. The Balaban J connectivity index is 0.990. The summed E-state index contributed by atoms with van der Waals surface area (Å²) in [6, 6.07) is 0. The van der Waals surface area contributed by atoms with E-state index < -0.39 is 177 Å². The Bertz CT molecular complexity index is 1980. The van der Waals surface area contributed by atoms with E-state index in [1.807, 2.05) is 34.6 Å². The van der Waals surface area contributed by atoms with Crippen LogP contribution in [0.25, 0.3) is 0 Å². The third-order valence-corrected chi connectivity index (χ3v) is 20.4. The van der Waals surface area contributed by atoms with E-state index in [0.717, 1.165) is 18.4 Å². The van der Waals surface area contributed by atoms with E-state index in [1.165, 1.54) is 0 Å². The Morgan fingerprint density at radius 2 is 1.16 bits per heavy atom. The van der Waals surface area contributed by atoms with Crippen molar-refractivity contribution in [1.82, 2.24) is 0 Å². The van der Waals surface area contributed by atoms with Gasteiger partial charge in [-0.1, -0.05) is 46.3 Å². The van der Waals surface area contributed by atoms with E-state index in [4.69, 9.17) is 37.9 Å². The molecule has 76 heavy (non-hydrogen) atoms. The van der Waals surface area contributed by atoms with Gasteiger partial charge in [0.15, 0.2) is 25.2 Å². The van der Waals surface area contributed by atoms with Crippen molar-refractivity contribution in [2.45, 2.75) is 247 Å². The zero-order chi connectivity index (χ0) is 55.9. The van der Waals surface area contributed by atoms with Crippen LogP contribution in [0.2, 0.25) is 0 Å². The van der Waals surface area contributed by atoms with E-state index in [0.29, 0.717) is 32.1 Å². The molecule has 23 heteroatoms. The molecular weight excluding hydrogens is 1000 g/mol. The highest BCUT2D eigenvalue weighted by molar-refractivity contribution is 5.21. The summed E-state index contributed by atoms with van der Waals surface area (Å²) in [6.45, 7) is 14.4. The highest BCUT2D eigenvalue weighted by Crippen LogP contribution is 2.76. The molecule has 0 unspecified atom stereocenters. The van der Waals surface area contributed by atoms with Gasteiger partial charge in [0.1, 0.15) is 91.6 Å². The second-order valence-corrected chi connectivity index (χ2v) is 25.5. The summed E-state index contributed by atoms with van der Waals surface area (Å²) in [5, 5.41) is 164. The molecule has 4 heterocycles. The van der Waals surface area contributed by atoms with Crippen LogP contribution in [0.1, 0.15) is 107 Å². The van der Waals surface area contributed by atoms with E-state index in [1.54, 1.807) is 0 Å². The maximum Gasteiger partial charge on any atom is 0.187 e. The van der Waals surface area contributed by atoms with Crippen LogP contribution in [0.4, 0.5) is 0 Å². The standard InChI is InChI=1S/C53H90O23/c1-22(2)10-9-13-53(8,76-48-41(67)37(63)35(61)29(73-48)21-70-45-39(65)33(59)26(58)20-69-45)23-11-14-52(7)32(23)24(56)16-31-50(5)17-25(57)44(49(3,4)30(50)12-15-51(31,52)6)75-47-42(68)38(64)43(28(19-55)72-47)74-46-40(66)36(62)34(60)27(18-54)71-46/h10,23-48,54-68H,9,11-21H2,1-8H3/t23-,24+,25+,26+,27+,28+,29+,30-,31+,32-,33-,34+,35+,36-,37-,38+,39+,40+,41+,42+,43+,44-,45-,46-,47-,48-,50-,51+,52+,53-/m0/s1. The molecule has 0 aromatic heterocycles. The monoisotopic (exact) mass is 1090 g/mol. The van der Waals surface area contributed by atoms with Crippen molar-refractivity contribution in [3.63, 3.8) is 0 Å². The number of fused-ring (bicyclic) bond motifs is 5. The summed E-state index contributed by atoms with van der Waals surface area (Å²) in [6.07, 6.45) is -26.4. The number of allylic oxidation sites excluding steroid dienone is 2. The molecule has 0 aromatic rings. The lowest BCUT2D eigenvalue weighted by Gasteiger charge is -2.71. The molecule has 0 radical (unpaired) electrons. The van der Waals surface area contributed by atoms with Crippen LogP contribution in [-0.2, 0) is 37.9 Å². The molecule has 23 nitrogen and oxygen atoms in total. The zero-order valence-electron chi connectivity index (χ0n) is 45.0. The van der Waals surface area contributed by atoms with Crippen molar-refractivity contribution >= 4 is 0 Å². The first kappa shape index (κ1) is 60.9. The van der Waals surface area contributed by atoms with Crippen LogP contribution in [0.5, 0.6) is 0 Å². The van der Waals surface area contributed by atoms with Gasteiger partial charge >= 0.3 is 0 Å². The van der Waals surface area contributed by atoms with Gasteiger partial charge in [-0.05, 0) is 117 Å². The van der Waals surface area contributed by atoms with Gasteiger partial charge < -0.3 is 114 Å². The van der Waals surface area contributed by atoms with E-state index >= 15 is 0 Å². The normalized spacial score (nSPS) is 53.2. The largest absolute Gasteiger partial charge is 0.394 e. The molecule has 0 bridgehead atoms. The van der Waals surface area contributed by atoms with Crippen LogP contribution in [-0.4, -0.2) is 244 Å². The highest BCUT2D eigenvalue weighted by atomic mass is 16.8. The first-order valence-electron chi connectivity index (χ1n) is 27.4. The summed E-state index contributed by atoms with van der Waals surface area (Å²) in [5.74, 6) is -0.794. The van der Waals surface area contributed by atoms with Crippen LogP contribution in [0.3, 0.4) is 0 Å². The highest BCUT2D eigenvalue weighted by Gasteiger charge is 2.73. The summed E-state index contributed by atoms with van der Waals surface area (Å²) < 4.78 is 47.9. The van der Waals surface area contributed by atoms with Crippen molar-refractivity contribution in [3.8, 4) is 0 Å². The molecule has 8 fully saturated rings. The number of ether oxygens (including phenoxy) is 8. The van der Waals surface area contributed by atoms with E-state index in [9.17, 15) is 76.6 Å². The molecule has 4 saturated heterocycles.